The molecular weight excluding hydrogens is 242 g/mol. The van der Waals surface area contributed by atoms with Crippen LogP contribution in [0.25, 0.3) is 0 Å². The Hall–Kier alpha value is -1.36. The van der Waals surface area contributed by atoms with Crippen LogP contribution >= 0.6 is 0 Å². The third-order valence-electron chi connectivity index (χ3n) is 4.06. The second-order valence-electron chi connectivity index (χ2n) is 5.73. The first-order valence-corrected chi connectivity index (χ1v) is 6.93. The number of aryl methyl sites for hydroxylation is 2. The van der Waals surface area contributed by atoms with Gasteiger partial charge in [0.1, 0.15) is 6.54 Å². The fourth-order valence-electron chi connectivity index (χ4n) is 2.83. The fraction of sp³-hybridized carbons (Fsp3) is 0.714. The summed E-state index contributed by atoms with van der Waals surface area (Å²) in [4.78, 5) is 11.9. The van der Waals surface area contributed by atoms with E-state index in [0.717, 1.165) is 37.1 Å². The van der Waals surface area contributed by atoms with Gasteiger partial charge in [-0.2, -0.15) is 5.10 Å². The first-order chi connectivity index (χ1) is 9.04. The zero-order chi connectivity index (χ0) is 13.9. The minimum absolute atomic E-state index is 0.0362. The molecule has 0 radical (unpaired) electrons. The van der Waals surface area contributed by atoms with E-state index in [1.54, 1.807) is 4.68 Å². The van der Waals surface area contributed by atoms with Crippen molar-refractivity contribution in [1.82, 2.24) is 15.1 Å². The largest absolute Gasteiger partial charge is 0.396 e. The highest BCUT2D eigenvalue weighted by Gasteiger charge is 2.33. The fourth-order valence-corrected chi connectivity index (χ4v) is 2.83. The Labute approximate surface area is 114 Å². The number of hydrogen-bond acceptors (Lipinski definition) is 3. The number of aromatic nitrogens is 2. The molecule has 1 amide bonds. The summed E-state index contributed by atoms with van der Waals surface area (Å²) in [6.45, 7) is 4.84. The molecule has 1 aliphatic rings. The minimum Gasteiger partial charge on any atom is -0.396 e. The van der Waals surface area contributed by atoms with Crippen molar-refractivity contribution in [2.75, 3.05) is 13.2 Å². The van der Waals surface area contributed by atoms with E-state index >= 15 is 0 Å². The van der Waals surface area contributed by atoms with Crippen molar-refractivity contribution in [2.24, 2.45) is 5.41 Å². The Balaban J connectivity index is 1.86. The van der Waals surface area contributed by atoms with E-state index in [0.29, 0.717) is 6.54 Å². The van der Waals surface area contributed by atoms with Crippen molar-refractivity contribution < 1.29 is 9.90 Å². The lowest BCUT2D eigenvalue weighted by Crippen LogP contribution is -2.39. The molecule has 106 valence electrons. The van der Waals surface area contributed by atoms with Crippen molar-refractivity contribution in [3.63, 3.8) is 0 Å². The summed E-state index contributed by atoms with van der Waals surface area (Å²) in [6, 6.07) is 1.96. The third kappa shape index (κ3) is 3.35. The molecular formula is C14H23N3O2. The number of nitrogens with one attached hydrogen (secondary N) is 1. The van der Waals surface area contributed by atoms with Crippen LogP contribution in [0.4, 0.5) is 0 Å². The van der Waals surface area contributed by atoms with Crippen molar-refractivity contribution in [1.29, 1.82) is 0 Å². The van der Waals surface area contributed by atoms with E-state index in [4.69, 9.17) is 0 Å². The summed E-state index contributed by atoms with van der Waals surface area (Å²) in [5, 5.41) is 16.7. The highest BCUT2D eigenvalue weighted by Crippen LogP contribution is 2.36. The Morgan fingerprint density at radius 2 is 2.16 bits per heavy atom. The van der Waals surface area contributed by atoms with Crippen LogP contribution in [0.1, 0.15) is 37.1 Å². The summed E-state index contributed by atoms with van der Waals surface area (Å²) in [5.41, 5.74) is 1.82. The first-order valence-electron chi connectivity index (χ1n) is 6.93. The molecule has 0 atom stereocenters. The molecule has 2 N–H and O–H groups in total. The van der Waals surface area contributed by atoms with Crippen LogP contribution in [-0.2, 0) is 11.3 Å². The quantitative estimate of drug-likeness (QED) is 0.840. The topological polar surface area (TPSA) is 67.2 Å². The third-order valence-corrected chi connectivity index (χ3v) is 4.06. The van der Waals surface area contributed by atoms with Crippen LogP contribution in [0.15, 0.2) is 6.07 Å². The Morgan fingerprint density at radius 1 is 1.47 bits per heavy atom. The molecule has 0 spiro atoms. The predicted molar refractivity (Wildman–Crippen MR) is 72.7 cm³/mol. The zero-order valence-corrected chi connectivity index (χ0v) is 11.8. The Bertz CT molecular complexity index is 448. The van der Waals surface area contributed by atoms with Crippen molar-refractivity contribution >= 4 is 5.91 Å². The number of hydrogen-bond donors (Lipinski definition) is 2. The van der Waals surface area contributed by atoms with Gasteiger partial charge in [-0.25, -0.2) is 0 Å². The minimum atomic E-state index is -0.0925. The van der Waals surface area contributed by atoms with Crippen molar-refractivity contribution in [2.45, 2.75) is 46.1 Å². The molecule has 1 aliphatic carbocycles. The van der Waals surface area contributed by atoms with E-state index in [1.807, 2.05) is 19.9 Å². The molecule has 0 unspecified atom stereocenters. The molecule has 2 rings (SSSR count). The number of nitrogens with zero attached hydrogens (tertiary/aromatic N) is 2. The van der Waals surface area contributed by atoms with Gasteiger partial charge in [-0.3, -0.25) is 9.48 Å². The van der Waals surface area contributed by atoms with Gasteiger partial charge in [0, 0.05) is 17.7 Å². The van der Waals surface area contributed by atoms with Crippen LogP contribution in [0.5, 0.6) is 0 Å². The van der Waals surface area contributed by atoms with E-state index in [1.165, 1.54) is 0 Å². The maximum Gasteiger partial charge on any atom is 0.241 e. The standard InChI is InChI=1S/C14H23N3O2/c1-11-7-12(2)17(16-11)8-13(19)15-9-14(10-18)5-3-4-6-14/h7,18H,3-6,8-10H2,1-2H3,(H,15,19). The summed E-state index contributed by atoms with van der Waals surface area (Å²) in [7, 11) is 0. The van der Waals surface area contributed by atoms with Gasteiger partial charge < -0.3 is 10.4 Å². The molecule has 1 aromatic heterocycles. The number of carbonyl (C=O) groups is 1. The molecule has 0 aromatic carbocycles. The highest BCUT2D eigenvalue weighted by molar-refractivity contribution is 5.75. The maximum atomic E-state index is 11.9. The molecule has 1 saturated carbocycles. The second kappa shape index (κ2) is 5.74. The molecule has 5 nitrogen and oxygen atoms in total. The van der Waals surface area contributed by atoms with Gasteiger partial charge in [0.15, 0.2) is 0 Å². The van der Waals surface area contributed by atoms with E-state index in [2.05, 4.69) is 10.4 Å². The molecule has 19 heavy (non-hydrogen) atoms. The average Bonchev–Trinajstić information content (AvgIpc) is 2.95. The van der Waals surface area contributed by atoms with Crippen LogP contribution < -0.4 is 5.32 Å². The molecule has 0 bridgehead atoms. The van der Waals surface area contributed by atoms with Gasteiger partial charge in [-0.1, -0.05) is 12.8 Å². The number of carbonyl (C=O) groups excluding carboxylic acids is 1. The SMILES string of the molecule is Cc1cc(C)n(CC(=O)NCC2(CO)CCCC2)n1. The monoisotopic (exact) mass is 265 g/mol. The zero-order valence-electron chi connectivity index (χ0n) is 11.8. The maximum absolute atomic E-state index is 11.9. The molecule has 0 aliphatic heterocycles. The van der Waals surface area contributed by atoms with Gasteiger partial charge in [-0.05, 0) is 32.8 Å². The summed E-state index contributed by atoms with van der Waals surface area (Å²) < 4.78 is 1.71. The van der Waals surface area contributed by atoms with Gasteiger partial charge in [0.2, 0.25) is 5.91 Å². The van der Waals surface area contributed by atoms with Gasteiger partial charge >= 0.3 is 0 Å². The molecule has 5 heteroatoms. The van der Waals surface area contributed by atoms with Crippen LogP contribution in [-0.4, -0.2) is 33.9 Å². The van der Waals surface area contributed by atoms with Crippen molar-refractivity contribution in [3.8, 4) is 0 Å². The van der Waals surface area contributed by atoms with Crippen molar-refractivity contribution in [3.05, 3.63) is 17.5 Å². The summed E-state index contributed by atoms with van der Waals surface area (Å²) in [5.74, 6) is -0.0362. The second-order valence-corrected chi connectivity index (χ2v) is 5.73. The van der Waals surface area contributed by atoms with E-state index in [9.17, 15) is 9.90 Å². The van der Waals surface area contributed by atoms with Gasteiger partial charge in [0.25, 0.3) is 0 Å². The average molecular weight is 265 g/mol. The van der Waals surface area contributed by atoms with Gasteiger partial charge in [0.05, 0.1) is 12.3 Å². The normalized spacial score (nSPS) is 17.6. The van der Waals surface area contributed by atoms with Crippen LogP contribution in [0.3, 0.4) is 0 Å². The molecule has 1 aromatic rings. The van der Waals surface area contributed by atoms with E-state index in [-0.39, 0.29) is 24.5 Å². The number of aliphatic hydroxyl groups excluding tert-OH is 1. The van der Waals surface area contributed by atoms with Crippen LogP contribution in [0, 0.1) is 19.3 Å². The lowest BCUT2D eigenvalue weighted by atomic mass is 9.87. The Kier molecular flexibility index (Phi) is 4.24. The van der Waals surface area contributed by atoms with Crippen LogP contribution in [0.2, 0.25) is 0 Å². The molecule has 1 fully saturated rings. The predicted octanol–water partition coefficient (Wildman–Crippen LogP) is 1.17. The molecule has 0 saturated heterocycles. The van der Waals surface area contributed by atoms with Gasteiger partial charge in [-0.15, -0.1) is 0 Å². The lowest BCUT2D eigenvalue weighted by Gasteiger charge is -2.26. The Morgan fingerprint density at radius 3 is 2.68 bits per heavy atom. The van der Waals surface area contributed by atoms with E-state index < -0.39 is 0 Å². The smallest absolute Gasteiger partial charge is 0.241 e. The summed E-state index contributed by atoms with van der Waals surface area (Å²) in [6.07, 6.45) is 4.30. The molecule has 1 heterocycles. The number of amides is 1. The number of aliphatic hydroxyl groups is 1. The first kappa shape index (κ1) is 14.1. The lowest BCUT2D eigenvalue weighted by molar-refractivity contribution is -0.122. The number of rotatable bonds is 5. The highest BCUT2D eigenvalue weighted by atomic mass is 16.3. The summed E-state index contributed by atoms with van der Waals surface area (Å²) >= 11 is 0.